The van der Waals surface area contributed by atoms with Gasteiger partial charge in [0.15, 0.2) is 0 Å². The molecule has 1 heterocycles. The summed E-state index contributed by atoms with van der Waals surface area (Å²) in [5.41, 5.74) is 1.33. The molecule has 1 atom stereocenters. The minimum Gasteiger partial charge on any atom is -0.348 e. The Hall–Kier alpha value is -2.35. The molecule has 0 spiro atoms. The number of aromatic nitrogens is 2. The Labute approximate surface area is 156 Å². The summed E-state index contributed by atoms with van der Waals surface area (Å²) in [5, 5.41) is 2.73. The fraction of sp³-hybridized carbons (Fsp3) is 0.222. The molecule has 0 radical (unpaired) electrons. The summed E-state index contributed by atoms with van der Waals surface area (Å²) in [6.07, 6.45) is -4.64. The van der Waals surface area contributed by atoms with Gasteiger partial charge < -0.3 is 9.88 Å². The highest BCUT2D eigenvalue weighted by molar-refractivity contribution is 9.10. The largest absolute Gasteiger partial charge is 0.449 e. The zero-order valence-electron chi connectivity index (χ0n) is 13.7. The molecule has 2 aromatic carbocycles. The van der Waals surface area contributed by atoms with Crippen LogP contribution in [0, 0.1) is 0 Å². The number of hydrogen-bond donors (Lipinski definition) is 1. The number of fused-ring (bicyclic) bond motifs is 1. The minimum atomic E-state index is -4.64. The average molecular weight is 426 g/mol. The molecule has 0 aliphatic carbocycles. The van der Waals surface area contributed by atoms with Crippen molar-refractivity contribution in [3.63, 3.8) is 0 Å². The lowest BCUT2D eigenvalue weighted by molar-refractivity contribution is -0.147. The first-order valence-electron chi connectivity index (χ1n) is 7.83. The molecule has 1 aromatic heterocycles. The van der Waals surface area contributed by atoms with Crippen LogP contribution in [0.3, 0.4) is 0 Å². The van der Waals surface area contributed by atoms with Crippen molar-refractivity contribution in [3.05, 3.63) is 64.4 Å². The van der Waals surface area contributed by atoms with Gasteiger partial charge in [-0.2, -0.15) is 13.2 Å². The predicted octanol–water partition coefficient (Wildman–Crippen LogP) is 4.70. The molecule has 0 saturated carbocycles. The van der Waals surface area contributed by atoms with Gasteiger partial charge in [0, 0.05) is 4.47 Å². The molecule has 26 heavy (non-hydrogen) atoms. The standard InChI is InChI=1S/C18H15BrF3N3O/c1-11(12-6-8-13(19)9-7-12)23-16(26)10-25-15-5-3-2-4-14(15)24-17(25)18(20,21)22/h2-9,11H,10H2,1H3,(H,23,26). The van der Waals surface area contributed by atoms with Crippen molar-refractivity contribution in [2.24, 2.45) is 0 Å². The van der Waals surface area contributed by atoms with Crippen molar-refractivity contribution >= 4 is 32.9 Å². The second kappa shape index (κ2) is 7.11. The second-order valence-corrected chi connectivity index (χ2v) is 6.76. The Bertz CT molecular complexity index is 935. The van der Waals surface area contributed by atoms with Crippen LogP contribution in [-0.4, -0.2) is 15.5 Å². The highest BCUT2D eigenvalue weighted by atomic mass is 79.9. The average Bonchev–Trinajstić information content (AvgIpc) is 2.94. The molecule has 3 aromatic rings. The monoisotopic (exact) mass is 425 g/mol. The summed E-state index contributed by atoms with van der Waals surface area (Å²) in [6.45, 7) is 1.31. The predicted molar refractivity (Wildman–Crippen MR) is 95.4 cm³/mol. The van der Waals surface area contributed by atoms with Gasteiger partial charge in [-0.3, -0.25) is 4.79 Å². The second-order valence-electron chi connectivity index (χ2n) is 5.85. The van der Waals surface area contributed by atoms with E-state index in [2.05, 4.69) is 26.2 Å². The fourth-order valence-corrected chi connectivity index (χ4v) is 2.98. The quantitative estimate of drug-likeness (QED) is 0.658. The SMILES string of the molecule is CC(NC(=O)Cn1c(C(F)(F)F)nc2ccccc21)c1ccc(Br)cc1. The van der Waals surface area contributed by atoms with E-state index in [1.165, 1.54) is 12.1 Å². The molecule has 0 saturated heterocycles. The molecule has 0 aliphatic heterocycles. The summed E-state index contributed by atoms with van der Waals surface area (Å²) >= 11 is 3.33. The number of hydrogen-bond acceptors (Lipinski definition) is 2. The molecule has 8 heteroatoms. The van der Waals surface area contributed by atoms with Crippen LogP contribution in [0.25, 0.3) is 11.0 Å². The van der Waals surface area contributed by atoms with Crippen molar-refractivity contribution in [1.29, 1.82) is 0 Å². The number of carbonyl (C=O) groups is 1. The van der Waals surface area contributed by atoms with E-state index in [-0.39, 0.29) is 17.1 Å². The van der Waals surface area contributed by atoms with E-state index in [4.69, 9.17) is 0 Å². The third kappa shape index (κ3) is 3.90. The summed E-state index contributed by atoms with van der Waals surface area (Å²) < 4.78 is 41.7. The summed E-state index contributed by atoms with van der Waals surface area (Å²) in [4.78, 5) is 16.0. The zero-order chi connectivity index (χ0) is 18.9. The number of para-hydroxylation sites is 2. The van der Waals surface area contributed by atoms with Gasteiger partial charge in [0.05, 0.1) is 17.1 Å². The maximum absolute atomic E-state index is 13.3. The van der Waals surface area contributed by atoms with Crippen molar-refractivity contribution < 1.29 is 18.0 Å². The van der Waals surface area contributed by atoms with Crippen LogP contribution in [0.5, 0.6) is 0 Å². The number of nitrogens with one attached hydrogen (secondary N) is 1. The third-order valence-electron chi connectivity index (χ3n) is 3.96. The van der Waals surface area contributed by atoms with Gasteiger partial charge in [0.2, 0.25) is 11.7 Å². The molecule has 3 rings (SSSR count). The summed E-state index contributed by atoms with van der Waals surface area (Å²) in [6, 6.07) is 13.2. The van der Waals surface area contributed by atoms with Crippen LogP contribution in [0.1, 0.15) is 24.4 Å². The summed E-state index contributed by atoms with van der Waals surface area (Å²) in [7, 11) is 0. The lowest BCUT2D eigenvalue weighted by Crippen LogP contribution is -2.31. The Morgan fingerprint density at radius 1 is 1.19 bits per heavy atom. The normalized spacial score (nSPS) is 13.0. The fourth-order valence-electron chi connectivity index (χ4n) is 2.72. The Kier molecular flexibility index (Phi) is 5.04. The Balaban J connectivity index is 1.84. The van der Waals surface area contributed by atoms with Gasteiger partial charge in [-0.05, 0) is 36.8 Å². The highest BCUT2D eigenvalue weighted by Crippen LogP contribution is 2.31. The van der Waals surface area contributed by atoms with Crippen molar-refractivity contribution in [2.75, 3.05) is 0 Å². The van der Waals surface area contributed by atoms with E-state index < -0.39 is 24.5 Å². The van der Waals surface area contributed by atoms with Crippen molar-refractivity contribution in [2.45, 2.75) is 25.7 Å². The maximum Gasteiger partial charge on any atom is 0.449 e. The van der Waals surface area contributed by atoms with E-state index >= 15 is 0 Å². The number of benzene rings is 2. The smallest absolute Gasteiger partial charge is 0.348 e. The number of halogens is 4. The van der Waals surface area contributed by atoms with Crippen LogP contribution in [0.15, 0.2) is 53.0 Å². The molecule has 0 aliphatic rings. The molecule has 1 N–H and O–H groups in total. The van der Waals surface area contributed by atoms with Crippen LogP contribution < -0.4 is 5.32 Å². The number of amides is 1. The first-order valence-corrected chi connectivity index (χ1v) is 8.62. The third-order valence-corrected chi connectivity index (χ3v) is 4.49. The molecule has 4 nitrogen and oxygen atoms in total. The number of imidazole rings is 1. The summed E-state index contributed by atoms with van der Waals surface area (Å²) in [5.74, 6) is -1.60. The zero-order valence-corrected chi connectivity index (χ0v) is 15.3. The van der Waals surface area contributed by atoms with Crippen LogP contribution in [-0.2, 0) is 17.5 Å². The number of alkyl halides is 3. The molecule has 136 valence electrons. The van der Waals surface area contributed by atoms with E-state index in [1.54, 1.807) is 19.1 Å². The first-order chi connectivity index (χ1) is 12.3. The van der Waals surface area contributed by atoms with Gasteiger partial charge in [-0.15, -0.1) is 0 Å². The molecule has 1 amide bonds. The van der Waals surface area contributed by atoms with Gasteiger partial charge in [-0.1, -0.05) is 40.2 Å². The maximum atomic E-state index is 13.3. The van der Waals surface area contributed by atoms with Gasteiger partial charge in [0.25, 0.3) is 0 Å². The topological polar surface area (TPSA) is 46.9 Å². The van der Waals surface area contributed by atoms with Crippen LogP contribution >= 0.6 is 15.9 Å². The van der Waals surface area contributed by atoms with Crippen molar-refractivity contribution in [3.8, 4) is 0 Å². The van der Waals surface area contributed by atoms with E-state index in [0.29, 0.717) is 0 Å². The van der Waals surface area contributed by atoms with Crippen LogP contribution in [0.4, 0.5) is 13.2 Å². The van der Waals surface area contributed by atoms with Crippen LogP contribution in [0.2, 0.25) is 0 Å². The van der Waals surface area contributed by atoms with Gasteiger partial charge >= 0.3 is 6.18 Å². The molecular weight excluding hydrogens is 411 g/mol. The lowest BCUT2D eigenvalue weighted by atomic mass is 10.1. The number of rotatable bonds is 4. The molecular formula is C18H15BrF3N3O. The van der Waals surface area contributed by atoms with Gasteiger partial charge in [0.1, 0.15) is 6.54 Å². The molecule has 0 fully saturated rings. The van der Waals surface area contributed by atoms with E-state index in [9.17, 15) is 18.0 Å². The number of nitrogens with zero attached hydrogens (tertiary/aromatic N) is 2. The number of carbonyl (C=O) groups excluding carboxylic acids is 1. The Morgan fingerprint density at radius 3 is 2.50 bits per heavy atom. The van der Waals surface area contributed by atoms with Crippen molar-refractivity contribution in [1.82, 2.24) is 14.9 Å². The molecule has 0 bridgehead atoms. The first kappa shape index (κ1) is 18.4. The minimum absolute atomic E-state index is 0.202. The van der Waals surface area contributed by atoms with E-state index in [0.717, 1.165) is 14.6 Å². The highest BCUT2D eigenvalue weighted by Gasteiger charge is 2.38. The lowest BCUT2D eigenvalue weighted by Gasteiger charge is -2.16. The molecule has 1 unspecified atom stereocenters. The van der Waals surface area contributed by atoms with Gasteiger partial charge in [-0.25, -0.2) is 4.98 Å². The van der Waals surface area contributed by atoms with E-state index in [1.807, 2.05) is 24.3 Å². The Morgan fingerprint density at radius 2 is 1.85 bits per heavy atom.